The SMILES string of the molecule is CCCc1nn(C)c(N2CCC(C)C2CO)c1N. The Morgan fingerprint density at radius 2 is 2.22 bits per heavy atom. The van der Waals surface area contributed by atoms with E-state index in [-0.39, 0.29) is 12.6 Å². The number of nitrogens with zero attached hydrogens (tertiary/aromatic N) is 3. The molecule has 0 amide bonds. The van der Waals surface area contributed by atoms with Gasteiger partial charge < -0.3 is 15.7 Å². The zero-order valence-electron chi connectivity index (χ0n) is 11.6. The predicted octanol–water partition coefficient (Wildman–Crippen LogP) is 1.16. The van der Waals surface area contributed by atoms with Crippen LogP contribution in [-0.4, -0.2) is 34.1 Å². The molecule has 5 nitrogen and oxygen atoms in total. The molecule has 3 N–H and O–H groups in total. The lowest BCUT2D eigenvalue weighted by Gasteiger charge is -2.27. The minimum Gasteiger partial charge on any atom is -0.394 e. The van der Waals surface area contributed by atoms with E-state index < -0.39 is 0 Å². The largest absolute Gasteiger partial charge is 0.394 e. The van der Waals surface area contributed by atoms with Crippen LogP contribution in [0.2, 0.25) is 0 Å². The number of aliphatic hydroxyl groups is 1. The molecule has 2 rings (SSSR count). The summed E-state index contributed by atoms with van der Waals surface area (Å²) in [5.41, 5.74) is 7.99. The molecule has 1 aromatic rings. The molecule has 2 heterocycles. The third-order valence-electron chi connectivity index (χ3n) is 3.96. The zero-order valence-corrected chi connectivity index (χ0v) is 11.6. The molecule has 0 aromatic carbocycles. The Bertz CT molecular complexity index is 415. The van der Waals surface area contributed by atoms with Crippen LogP contribution in [0.25, 0.3) is 0 Å². The number of aryl methyl sites for hydroxylation is 2. The smallest absolute Gasteiger partial charge is 0.150 e. The highest BCUT2D eigenvalue weighted by Crippen LogP contribution is 2.34. The summed E-state index contributed by atoms with van der Waals surface area (Å²) >= 11 is 0. The minimum atomic E-state index is 0.164. The zero-order chi connectivity index (χ0) is 13.3. The molecule has 0 radical (unpaired) electrons. The Hall–Kier alpha value is -1.23. The van der Waals surface area contributed by atoms with Gasteiger partial charge in [-0.25, -0.2) is 0 Å². The second kappa shape index (κ2) is 5.18. The molecule has 0 spiro atoms. The maximum atomic E-state index is 9.55. The van der Waals surface area contributed by atoms with Gasteiger partial charge in [0.25, 0.3) is 0 Å². The Morgan fingerprint density at radius 3 is 2.83 bits per heavy atom. The van der Waals surface area contributed by atoms with E-state index in [1.807, 2.05) is 11.7 Å². The van der Waals surface area contributed by atoms with Crippen LogP contribution in [0.15, 0.2) is 0 Å². The first kappa shape index (κ1) is 13.2. The molecule has 0 bridgehead atoms. The van der Waals surface area contributed by atoms with E-state index in [1.165, 1.54) is 0 Å². The molecule has 1 saturated heterocycles. The lowest BCUT2D eigenvalue weighted by Crippen LogP contribution is -2.36. The van der Waals surface area contributed by atoms with Crippen molar-refractivity contribution in [2.45, 2.75) is 39.2 Å². The first-order valence-corrected chi connectivity index (χ1v) is 6.79. The van der Waals surface area contributed by atoms with Crippen molar-refractivity contribution in [3.63, 3.8) is 0 Å². The van der Waals surface area contributed by atoms with Gasteiger partial charge >= 0.3 is 0 Å². The number of anilines is 2. The van der Waals surface area contributed by atoms with Crippen LogP contribution in [0.1, 0.15) is 32.4 Å². The van der Waals surface area contributed by atoms with Crippen LogP contribution in [0.3, 0.4) is 0 Å². The van der Waals surface area contributed by atoms with Gasteiger partial charge in [-0.3, -0.25) is 4.68 Å². The van der Waals surface area contributed by atoms with Crippen molar-refractivity contribution in [3.05, 3.63) is 5.69 Å². The van der Waals surface area contributed by atoms with Gasteiger partial charge in [0, 0.05) is 13.6 Å². The Morgan fingerprint density at radius 1 is 1.50 bits per heavy atom. The summed E-state index contributed by atoms with van der Waals surface area (Å²) in [4.78, 5) is 2.21. The molecule has 1 aliphatic rings. The van der Waals surface area contributed by atoms with Crippen LogP contribution < -0.4 is 10.6 Å². The van der Waals surface area contributed by atoms with E-state index in [9.17, 15) is 5.11 Å². The maximum Gasteiger partial charge on any atom is 0.150 e. The third kappa shape index (κ3) is 2.07. The summed E-state index contributed by atoms with van der Waals surface area (Å²) in [6.45, 7) is 5.43. The van der Waals surface area contributed by atoms with Gasteiger partial charge in [0.15, 0.2) is 5.82 Å². The third-order valence-corrected chi connectivity index (χ3v) is 3.96. The molecule has 1 fully saturated rings. The van der Waals surface area contributed by atoms with Gasteiger partial charge in [0.2, 0.25) is 0 Å². The van der Waals surface area contributed by atoms with Crippen LogP contribution >= 0.6 is 0 Å². The number of hydrogen-bond acceptors (Lipinski definition) is 4. The molecule has 102 valence electrons. The minimum absolute atomic E-state index is 0.164. The Labute approximate surface area is 109 Å². The van der Waals surface area contributed by atoms with E-state index in [4.69, 9.17) is 5.73 Å². The molecule has 18 heavy (non-hydrogen) atoms. The molecular formula is C13H24N4O. The number of nitrogens with two attached hydrogens (primary N) is 1. The molecule has 0 aliphatic carbocycles. The normalized spacial score (nSPS) is 23.9. The second-order valence-corrected chi connectivity index (χ2v) is 5.27. The van der Waals surface area contributed by atoms with Crippen molar-refractivity contribution in [1.82, 2.24) is 9.78 Å². The fraction of sp³-hybridized carbons (Fsp3) is 0.769. The van der Waals surface area contributed by atoms with Crippen molar-refractivity contribution in [3.8, 4) is 0 Å². The summed E-state index contributed by atoms with van der Waals surface area (Å²) in [5.74, 6) is 1.47. The summed E-state index contributed by atoms with van der Waals surface area (Å²) in [6.07, 6.45) is 3.05. The standard InChI is InChI=1S/C13H24N4O/c1-4-5-10-12(14)13(16(3)15-10)17-7-6-9(2)11(17)8-18/h9,11,18H,4-8,14H2,1-3H3. The average Bonchev–Trinajstić information content (AvgIpc) is 2.81. The molecule has 1 aliphatic heterocycles. The van der Waals surface area contributed by atoms with E-state index in [0.717, 1.165) is 43.0 Å². The summed E-state index contributed by atoms with van der Waals surface area (Å²) in [6, 6.07) is 0.164. The van der Waals surface area contributed by atoms with Gasteiger partial charge in [0.05, 0.1) is 24.0 Å². The number of nitrogen functional groups attached to an aromatic ring is 1. The van der Waals surface area contributed by atoms with Gasteiger partial charge in [0.1, 0.15) is 0 Å². The van der Waals surface area contributed by atoms with Crippen molar-refractivity contribution < 1.29 is 5.11 Å². The number of aromatic nitrogens is 2. The van der Waals surface area contributed by atoms with E-state index >= 15 is 0 Å². The first-order valence-electron chi connectivity index (χ1n) is 6.79. The van der Waals surface area contributed by atoms with Gasteiger partial charge in [-0.2, -0.15) is 5.10 Å². The number of aliphatic hydroxyl groups excluding tert-OH is 1. The monoisotopic (exact) mass is 252 g/mol. The fourth-order valence-electron chi connectivity index (χ4n) is 2.90. The predicted molar refractivity (Wildman–Crippen MR) is 73.6 cm³/mol. The Kier molecular flexibility index (Phi) is 3.80. The topological polar surface area (TPSA) is 67.3 Å². The van der Waals surface area contributed by atoms with E-state index in [2.05, 4.69) is 23.8 Å². The quantitative estimate of drug-likeness (QED) is 0.844. The second-order valence-electron chi connectivity index (χ2n) is 5.27. The summed E-state index contributed by atoms with van der Waals surface area (Å²) < 4.78 is 1.86. The van der Waals surface area contributed by atoms with Crippen molar-refractivity contribution >= 4 is 11.5 Å². The molecule has 5 heteroatoms. The van der Waals surface area contributed by atoms with Gasteiger partial charge in [-0.05, 0) is 18.8 Å². The van der Waals surface area contributed by atoms with Crippen molar-refractivity contribution in [1.29, 1.82) is 0 Å². The summed E-state index contributed by atoms with van der Waals surface area (Å²) in [5, 5.41) is 14.1. The van der Waals surface area contributed by atoms with Crippen LogP contribution in [0.5, 0.6) is 0 Å². The average molecular weight is 252 g/mol. The summed E-state index contributed by atoms with van der Waals surface area (Å²) in [7, 11) is 1.93. The molecular weight excluding hydrogens is 228 g/mol. The molecule has 2 unspecified atom stereocenters. The number of hydrogen-bond donors (Lipinski definition) is 2. The van der Waals surface area contributed by atoms with Crippen LogP contribution in [-0.2, 0) is 13.5 Å². The van der Waals surface area contributed by atoms with E-state index in [1.54, 1.807) is 0 Å². The maximum absolute atomic E-state index is 9.55. The van der Waals surface area contributed by atoms with E-state index in [0.29, 0.717) is 5.92 Å². The first-order chi connectivity index (χ1) is 8.60. The highest BCUT2D eigenvalue weighted by molar-refractivity contribution is 5.67. The molecule has 1 aromatic heterocycles. The molecule has 2 atom stereocenters. The van der Waals surface area contributed by atoms with Crippen LogP contribution in [0, 0.1) is 5.92 Å². The van der Waals surface area contributed by atoms with Crippen molar-refractivity contribution in [2.75, 3.05) is 23.8 Å². The molecule has 0 saturated carbocycles. The van der Waals surface area contributed by atoms with Gasteiger partial charge in [-0.15, -0.1) is 0 Å². The number of rotatable bonds is 4. The van der Waals surface area contributed by atoms with Gasteiger partial charge in [-0.1, -0.05) is 20.3 Å². The van der Waals surface area contributed by atoms with Crippen LogP contribution in [0.4, 0.5) is 11.5 Å². The highest BCUT2D eigenvalue weighted by Gasteiger charge is 2.34. The van der Waals surface area contributed by atoms with Crippen molar-refractivity contribution in [2.24, 2.45) is 13.0 Å². The Balaban J connectivity index is 2.33. The highest BCUT2D eigenvalue weighted by atomic mass is 16.3. The lowest BCUT2D eigenvalue weighted by atomic mass is 10.0. The fourth-order valence-corrected chi connectivity index (χ4v) is 2.90. The lowest BCUT2D eigenvalue weighted by molar-refractivity contribution is 0.244.